The zero-order valence-electron chi connectivity index (χ0n) is 35.1. The fraction of sp³-hybridized carbons (Fsp3) is 0.872. The summed E-state index contributed by atoms with van der Waals surface area (Å²) in [5.74, 6) is -0.407. The molecule has 0 fully saturated rings. The van der Waals surface area contributed by atoms with Gasteiger partial charge in [-0.3, -0.25) is 9.59 Å². The predicted molar refractivity (Wildman–Crippen MR) is 224 cm³/mol. The van der Waals surface area contributed by atoms with Gasteiger partial charge in [-0.15, -0.1) is 0 Å². The molecule has 0 saturated heterocycles. The topological polar surface area (TPSA) is 61.8 Å². The maximum atomic E-state index is 12.5. The Kier molecular flexibility index (Phi) is 42.4. The highest BCUT2D eigenvalue weighted by Gasteiger charge is 2.17. The SMILES string of the molecule is CCCC/C=C\CCCCCCCCOCC(COC(=O)CCCCCCCCCCC/C=C\CCCCCCCC)OC(=O)CCCCCCC. The average molecular weight is 733 g/mol. The highest BCUT2D eigenvalue weighted by Crippen LogP contribution is 2.14. The highest BCUT2D eigenvalue weighted by molar-refractivity contribution is 5.70. The van der Waals surface area contributed by atoms with Gasteiger partial charge in [0, 0.05) is 19.4 Å². The molecule has 0 amide bonds. The van der Waals surface area contributed by atoms with E-state index < -0.39 is 6.10 Å². The van der Waals surface area contributed by atoms with E-state index in [0.717, 1.165) is 44.9 Å². The molecule has 0 aliphatic carbocycles. The van der Waals surface area contributed by atoms with Gasteiger partial charge in [-0.25, -0.2) is 0 Å². The Morgan fingerprint density at radius 1 is 0.404 bits per heavy atom. The fourth-order valence-electron chi connectivity index (χ4n) is 6.48. The number of unbranched alkanes of at least 4 members (excludes halogenated alkanes) is 27. The molecule has 0 bridgehead atoms. The van der Waals surface area contributed by atoms with E-state index in [1.807, 2.05) is 0 Å². The van der Waals surface area contributed by atoms with Crippen LogP contribution in [-0.2, 0) is 23.8 Å². The van der Waals surface area contributed by atoms with Crippen molar-refractivity contribution in [1.82, 2.24) is 0 Å². The summed E-state index contributed by atoms with van der Waals surface area (Å²) >= 11 is 0. The van der Waals surface area contributed by atoms with Crippen LogP contribution < -0.4 is 0 Å². The van der Waals surface area contributed by atoms with Crippen LogP contribution in [0.1, 0.15) is 239 Å². The summed E-state index contributed by atoms with van der Waals surface area (Å²) in [5, 5.41) is 0. The zero-order chi connectivity index (χ0) is 37.8. The van der Waals surface area contributed by atoms with E-state index >= 15 is 0 Å². The van der Waals surface area contributed by atoms with Gasteiger partial charge in [0.25, 0.3) is 0 Å². The van der Waals surface area contributed by atoms with E-state index in [9.17, 15) is 9.59 Å². The quantitative estimate of drug-likeness (QED) is 0.0355. The van der Waals surface area contributed by atoms with Gasteiger partial charge in [-0.2, -0.15) is 0 Å². The largest absolute Gasteiger partial charge is 0.462 e. The Bertz CT molecular complexity index is 791. The lowest BCUT2D eigenvalue weighted by molar-refractivity contribution is -0.163. The number of hydrogen-bond acceptors (Lipinski definition) is 5. The molecule has 1 unspecified atom stereocenters. The smallest absolute Gasteiger partial charge is 0.306 e. The molecule has 306 valence electrons. The molecule has 0 heterocycles. The molecule has 0 saturated carbocycles. The first kappa shape index (κ1) is 50.4. The normalized spacial score (nSPS) is 12.3. The summed E-state index contributed by atoms with van der Waals surface area (Å²) in [7, 11) is 0. The van der Waals surface area contributed by atoms with Crippen molar-refractivity contribution in [3.63, 3.8) is 0 Å². The van der Waals surface area contributed by atoms with Crippen molar-refractivity contribution in [2.24, 2.45) is 0 Å². The number of esters is 2. The van der Waals surface area contributed by atoms with Crippen LogP contribution in [0.2, 0.25) is 0 Å². The summed E-state index contributed by atoms with van der Waals surface area (Å²) in [5.41, 5.74) is 0. The average Bonchev–Trinajstić information content (AvgIpc) is 3.14. The van der Waals surface area contributed by atoms with Crippen LogP contribution >= 0.6 is 0 Å². The van der Waals surface area contributed by atoms with Gasteiger partial charge in [0.05, 0.1) is 6.61 Å². The molecule has 5 nitrogen and oxygen atoms in total. The summed E-state index contributed by atoms with van der Waals surface area (Å²) < 4.78 is 17.2. The van der Waals surface area contributed by atoms with Crippen LogP contribution in [0.3, 0.4) is 0 Å². The van der Waals surface area contributed by atoms with Gasteiger partial charge < -0.3 is 14.2 Å². The molecular formula is C47H88O5. The second-order valence-corrected chi connectivity index (χ2v) is 15.3. The van der Waals surface area contributed by atoms with E-state index in [2.05, 4.69) is 45.1 Å². The Morgan fingerprint density at radius 3 is 1.23 bits per heavy atom. The highest BCUT2D eigenvalue weighted by atomic mass is 16.6. The second kappa shape index (κ2) is 43.8. The molecule has 0 aromatic rings. The van der Waals surface area contributed by atoms with Gasteiger partial charge in [-0.05, 0) is 64.2 Å². The molecule has 0 rings (SSSR count). The number of carbonyl (C=O) groups excluding carboxylic acids is 2. The Balaban J connectivity index is 4.00. The third-order valence-electron chi connectivity index (χ3n) is 9.96. The van der Waals surface area contributed by atoms with Gasteiger partial charge in [0.2, 0.25) is 0 Å². The van der Waals surface area contributed by atoms with Crippen LogP contribution in [0, 0.1) is 0 Å². The molecule has 0 aromatic carbocycles. The van der Waals surface area contributed by atoms with Crippen molar-refractivity contribution in [3.8, 4) is 0 Å². The van der Waals surface area contributed by atoms with Gasteiger partial charge in [0.1, 0.15) is 6.61 Å². The molecule has 5 heteroatoms. The van der Waals surface area contributed by atoms with Crippen molar-refractivity contribution < 1.29 is 23.8 Å². The Hall–Kier alpha value is -1.62. The zero-order valence-corrected chi connectivity index (χ0v) is 35.1. The van der Waals surface area contributed by atoms with Crippen molar-refractivity contribution in [3.05, 3.63) is 24.3 Å². The molecule has 1 atom stereocenters. The van der Waals surface area contributed by atoms with E-state index in [0.29, 0.717) is 19.4 Å². The molecule has 0 aromatic heterocycles. The molecular weight excluding hydrogens is 645 g/mol. The minimum atomic E-state index is -0.529. The fourth-order valence-corrected chi connectivity index (χ4v) is 6.48. The van der Waals surface area contributed by atoms with E-state index in [-0.39, 0.29) is 25.2 Å². The van der Waals surface area contributed by atoms with Crippen molar-refractivity contribution in [1.29, 1.82) is 0 Å². The molecule has 52 heavy (non-hydrogen) atoms. The summed E-state index contributed by atoms with van der Waals surface area (Å²) in [4.78, 5) is 25.0. The molecule has 0 radical (unpaired) electrons. The first-order valence-corrected chi connectivity index (χ1v) is 22.9. The maximum Gasteiger partial charge on any atom is 0.306 e. The third kappa shape index (κ3) is 41.1. The van der Waals surface area contributed by atoms with Crippen LogP contribution in [0.5, 0.6) is 0 Å². The monoisotopic (exact) mass is 733 g/mol. The summed E-state index contributed by atoms with van der Waals surface area (Å²) in [6, 6.07) is 0. The standard InChI is InChI=1S/C47H88O5/c1-4-7-10-13-15-17-19-21-22-23-24-25-26-27-28-30-32-35-37-40-46(48)51-44-45(52-47(49)41-38-34-12-9-6-3)43-50-42-39-36-33-31-29-20-18-16-14-11-8-5-2/h14,16,21-22,45H,4-13,15,17-20,23-44H2,1-3H3/b16-14-,22-21-. The first-order valence-electron chi connectivity index (χ1n) is 22.9. The Labute approximate surface area is 324 Å². The lowest BCUT2D eigenvalue weighted by Crippen LogP contribution is -2.30. The third-order valence-corrected chi connectivity index (χ3v) is 9.96. The van der Waals surface area contributed by atoms with Crippen molar-refractivity contribution in [2.75, 3.05) is 19.8 Å². The lowest BCUT2D eigenvalue weighted by Gasteiger charge is -2.18. The van der Waals surface area contributed by atoms with Crippen molar-refractivity contribution in [2.45, 2.75) is 245 Å². The molecule has 0 aliphatic heterocycles. The van der Waals surface area contributed by atoms with Crippen LogP contribution in [0.15, 0.2) is 24.3 Å². The molecule has 0 N–H and O–H groups in total. The van der Waals surface area contributed by atoms with Crippen LogP contribution in [0.25, 0.3) is 0 Å². The lowest BCUT2D eigenvalue weighted by atomic mass is 10.1. The summed E-state index contributed by atoms with van der Waals surface area (Å²) in [6.45, 7) is 7.73. The molecule has 0 spiro atoms. The van der Waals surface area contributed by atoms with Gasteiger partial charge in [-0.1, -0.05) is 186 Å². The van der Waals surface area contributed by atoms with Crippen molar-refractivity contribution >= 4 is 11.9 Å². The number of hydrogen-bond donors (Lipinski definition) is 0. The van der Waals surface area contributed by atoms with Crippen LogP contribution in [0.4, 0.5) is 0 Å². The number of allylic oxidation sites excluding steroid dienone is 4. The molecule has 0 aliphatic rings. The number of rotatable bonds is 42. The summed E-state index contributed by atoms with van der Waals surface area (Å²) in [6.07, 6.45) is 49.2. The Morgan fingerprint density at radius 2 is 0.769 bits per heavy atom. The van der Waals surface area contributed by atoms with Gasteiger partial charge >= 0.3 is 11.9 Å². The van der Waals surface area contributed by atoms with E-state index in [4.69, 9.17) is 14.2 Å². The maximum absolute atomic E-state index is 12.5. The van der Waals surface area contributed by atoms with E-state index in [1.165, 1.54) is 161 Å². The second-order valence-electron chi connectivity index (χ2n) is 15.3. The first-order chi connectivity index (χ1) is 25.6. The number of carbonyl (C=O) groups is 2. The minimum Gasteiger partial charge on any atom is -0.462 e. The predicted octanol–water partition coefficient (Wildman–Crippen LogP) is 14.9. The van der Waals surface area contributed by atoms with Crippen LogP contribution in [-0.4, -0.2) is 37.9 Å². The van der Waals surface area contributed by atoms with E-state index in [1.54, 1.807) is 0 Å². The minimum absolute atomic E-state index is 0.0855. The van der Waals surface area contributed by atoms with Gasteiger partial charge in [0.15, 0.2) is 6.10 Å². The number of ether oxygens (including phenoxy) is 3.